The quantitative estimate of drug-likeness (QED) is 0.266. The summed E-state index contributed by atoms with van der Waals surface area (Å²) in [6, 6.07) is 14.0. The first-order chi connectivity index (χ1) is 18.6. The van der Waals surface area contributed by atoms with Crippen LogP contribution in [0.5, 0.6) is 0 Å². The Hall–Kier alpha value is -3.92. The standard InChI is InChI=1S/C29H34N4O5S/c1-29(2,3)38-28(37)33-23-9-5-4-8-22(23)31-26(34)19-13-11-18(12-14-19)25-20(15-21-16-30-17-39-21)7-6-10-24(25)32-27(35)36/h4-5,8-9,11-14,16-17,20,24-25,32H,6-7,10,15H2,1-3H3,(H,31,34)(H,33,37)(H,35,36). The predicted molar refractivity (Wildman–Crippen MR) is 152 cm³/mol. The van der Waals surface area contributed by atoms with Gasteiger partial charge in [-0.15, -0.1) is 11.3 Å². The monoisotopic (exact) mass is 550 g/mol. The lowest BCUT2D eigenvalue weighted by molar-refractivity contribution is 0.0635. The molecule has 4 N–H and O–H groups in total. The van der Waals surface area contributed by atoms with Gasteiger partial charge in [-0.3, -0.25) is 15.1 Å². The number of amides is 3. The van der Waals surface area contributed by atoms with Gasteiger partial charge in [0.15, 0.2) is 0 Å². The molecule has 0 aliphatic heterocycles. The van der Waals surface area contributed by atoms with Gasteiger partial charge in [0, 0.05) is 28.6 Å². The Kier molecular flexibility index (Phi) is 8.86. The average molecular weight is 551 g/mol. The highest BCUT2D eigenvalue weighted by atomic mass is 32.1. The molecule has 1 aromatic heterocycles. The van der Waals surface area contributed by atoms with Gasteiger partial charge in [0.2, 0.25) is 0 Å². The number of rotatable bonds is 7. The Morgan fingerprint density at radius 2 is 1.72 bits per heavy atom. The molecule has 4 rings (SSSR count). The molecule has 1 fully saturated rings. The Bertz CT molecular complexity index is 1290. The van der Waals surface area contributed by atoms with Crippen molar-refractivity contribution in [3.8, 4) is 0 Å². The molecule has 0 bridgehead atoms. The first kappa shape index (κ1) is 28.1. The van der Waals surface area contributed by atoms with Crippen LogP contribution in [0.2, 0.25) is 0 Å². The molecule has 0 saturated heterocycles. The Morgan fingerprint density at radius 3 is 2.33 bits per heavy atom. The van der Waals surface area contributed by atoms with Crippen LogP contribution in [0, 0.1) is 5.92 Å². The second-order valence-corrected chi connectivity index (χ2v) is 11.7. The lowest BCUT2D eigenvalue weighted by atomic mass is 9.71. The molecular formula is C29H34N4O5S. The van der Waals surface area contributed by atoms with Crippen molar-refractivity contribution in [2.75, 3.05) is 10.6 Å². The van der Waals surface area contributed by atoms with Gasteiger partial charge in [-0.1, -0.05) is 30.7 Å². The fourth-order valence-corrected chi connectivity index (χ4v) is 5.80. The SMILES string of the molecule is CC(C)(C)OC(=O)Nc1ccccc1NC(=O)c1ccc(C2C(Cc3cncs3)CCCC2NC(=O)O)cc1. The van der Waals surface area contributed by atoms with Crippen molar-refractivity contribution < 1.29 is 24.2 Å². The van der Waals surface area contributed by atoms with Crippen molar-refractivity contribution in [2.45, 2.75) is 64.0 Å². The molecule has 3 unspecified atom stereocenters. The third kappa shape index (κ3) is 7.79. The van der Waals surface area contributed by atoms with E-state index in [1.807, 2.05) is 23.8 Å². The molecule has 1 heterocycles. The Balaban J connectivity index is 1.50. The summed E-state index contributed by atoms with van der Waals surface area (Å²) in [6.07, 6.45) is 3.76. The van der Waals surface area contributed by atoms with E-state index in [2.05, 4.69) is 20.9 Å². The van der Waals surface area contributed by atoms with E-state index in [0.29, 0.717) is 16.9 Å². The summed E-state index contributed by atoms with van der Waals surface area (Å²) in [6.45, 7) is 5.33. The molecule has 39 heavy (non-hydrogen) atoms. The molecule has 1 aliphatic rings. The number of thiazole rings is 1. The number of nitrogens with one attached hydrogen (secondary N) is 3. The van der Waals surface area contributed by atoms with Gasteiger partial charge >= 0.3 is 12.2 Å². The number of para-hydroxylation sites is 2. The number of hydrogen-bond donors (Lipinski definition) is 4. The molecule has 3 aromatic rings. The lowest BCUT2D eigenvalue weighted by Gasteiger charge is -2.38. The van der Waals surface area contributed by atoms with E-state index >= 15 is 0 Å². The van der Waals surface area contributed by atoms with Crippen LogP contribution in [0.15, 0.2) is 60.2 Å². The van der Waals surface area contributed by atoms with Gasteiger partial charge in [-0.05, 0) is 75.8 Å². The summed E-state index contributed by atoms with van der Waals surface area (Å²) >= 11 is 1.61. The molecule has 9 nitrogen and oxygen atoms in total. The predicted octanol–water partition coefficient (Wildman–Crippen LogP) is 6.51. The Labute approximate surface area is 232 Å². The van der Waals surface area contributed by atoms with E-state index in [4.69, 9.17) is 4.74 Å². The molecular weight excluding hydrogens is 516 g/mol. The van der Waals surface area contributed by atoms with Crippen LogP contribution in [0.3, 0.4) is 0 Å². The number of anilines is 2. The molecule has 2 aromatic carbocycles. The maximum atomic E-state index is 13.1. The molecule has 0 radical (unpaired) electrons. The minimum atomic E-state index is -1.03. The number of nitrogens with zero attached hydrogens (tertiary/aromatic N) is 1. The Morgan fingerprint density at radius 1 is 1.03 bits per heavy atom. The van der Waals surface area contributed by atoms with Crippen LogP contribution in [-0.4, -0.2) is 39.8 Å². The number of carbonyl (C=O) groups is 3. The van der Waals surface area contributed by atoms with E-state index < -0.39 is 17.8 Å². The molecule has 1 saturated carbocycles. The smallest absolute Gasteiger partial charge is 0.412 e. The van der Waals surface area contributed by atoms with Crippen LogP contribution in [0.1, 0.15) is 66.8 Å². The highest BCUT2D eigenvalue weighted by molar-refractivity contribution is 7.09. The van der Waals surface area contributed by atoms with E-state index in [9.17, 15) is 19.5 Å². The first-order valence-corrected chi connectivity index (χ1v) is 13.8. The third-order valence-electron chi connectivity index (χ3n) is 6.66. The van der Waals surface area contributed by atoms with E-state index in [1.54, 1.807) is 68.5 Å². The molecule has 206 valence electrons. The van der Waals surface area contributed by atoms with Crippen LogP contribution >= 0.6 is 11.3 Å². The highest BCUT2D eigenvalue weighted by Gasteiger charge is 2.35. The van der Waals surface area contributed by atoms with Crippen LogP contribution in [0.25, 0.3) is 0 Å². The minimum absolute atomic E-state index is 0.0205. The van der Waals surface area contributed by atoms with E-state index in [-0.39, 0.29) is 23.8 Å². The van der Waals surface area contributed by atoms with E-state index in [1.165, 1.54) is 4.88 Å². The van der Waals surface area contributed by atoms with Gasteiger partial charge in [0.25, 0.3) is 5.91 Å². The summed E-state index contributed by atoms with van der Waals surface area (Å²) in [4.78, 5) is 42.3. The van der Waals surface area contributed by atoms with E-state index in [0.717, 1.165) is 31.2 Å². The average Bonchev–Trinajstić information content (AvgIpc) is 3.37. The van der Waals surface area contributed by atoms with Gasteiger partial charge in [-0.25, -0.2) is 9.59 Å². The molecule has 0 spiro atoms. The highest BCUT2D eigenvalue weighted by Crippen LogP contribution is 2.40. The van der Waals surface area contributed by atoms with Crippen molar-refractivity contribution in [1.29, 1.82) is 0 Å². The van der Waals surface area contributed by atoms with Crippen molar-refractivity contribution >= 4 is 40.8 Å². The number of carbonyl (C=O) groups excluding carboxylic acids is 2. The molecule has 3 atom stereocenters. The lowest BCUT2D eigenvalue weighted by Crippen LogP contribution is -2.44. The molecule has 10 heteroatoms. The van der Waals surface area contributed by atoms with Gasteiger partial charge in [0.05, 0.1) is 16.9 Å². The summed E-state index contributed by atoms with van der Waals surface area (Å²) in [5.41, 5.74) is 3.47. The largest absolute Gasteiger partial charge is 0.465 e. The van der Waals surface area contributed by atoms with Gasteiger partial charge in [0.1, 0.15) is 5.60 Å². The van der Waals surface area contributed by atoms with Gasteiger partial charge in [-0.2, -0.15) is 0 Å². The van der Waals surface area contributed by atoms with Crippen LogP contribution in [-0.2, 0) is 11.2 Å². The fraction of sp³-hybridized carbons (Fsp3) is 0.379. The number of hydrogen-bond acceptors (Lipinski definition) is 6. The van der Waals surface area contributed by atoms with Crippen molar-refractivity contribution in [1.82, 2.24) is 10.3 Å². The normalized spacial score (nSPS) is 19.1. The first-order valence-electron chi connectivity index (χ1n) is 13.0. The van der Waals surface area contributed by atoms with Crippen molar-refractivity contribution in [2.24, 2.45) is 5.92 Å². The second-order valence-electron chi connectivity index (χ2n) is 10.7. The minimum Gasteiger partial charge on any atom is -0.465 e. The third-order valence-corrected chi connectivity index (χ3v) is 7.46. The van der Waals surface area contributed by atoms with Crippen molar-refractivity contribution in [3.63, 3.8) is 0 Å². The van der Waals surface area contributed by atoms with Crippen LogP contribution in [0.4, 0.5) is 21.0 Å². The summed E-state index contributed by atoms with van der Waals surface area (Å²) in [5.74, 6) is -0.0978. The number of benzene rings is 2. The number of carboxylic acid groups (broad SMARTS) is 1. The molecule has 3 amide bonds. The zero-order valence-corrected chi connectivity index (χ0v) is 23.1. The summed E-state index contributed by atoms with van der Waals surface area (Å²) in [5, 5.41) is 17.7. The van der Waals surface area contributed by atoms with Gasteiger partial charge < -0.3 is 20.5 Å². The zero-order chi connectivity index (χ0) is 28.0. The number of ether oxygens (including phenoxy) is 1. The second kappa shape index (κ2) is 12.3. The summed E-state index contributed by atoms with van der Waals surface area (Å²) in [7, 11) is 0. The summed E-state index contributed by atoms with van der Waals surface area (Å²) < 4.78 is 5.32. The topological polar surface area (TPSA) is 130 Å². The fourth-order valence-electron chi connectivity index (χ4n) is 5.11. The maximum absolute atomic E-state index is 13.1. The van der Waals surface area contributed by atoms with Crippen molar-refractivity contribution in [3.05, 3.63) is 76.2 Å². The molecule has 1 aliphatic carbocycles. The zero-order valence-electron chi connectivity index (χ0n) is 22.3. The maximum Gasteiger partial charge on any atom is 0.412 e. The van der Waals surface area contributed by atoms with Crippen LogP contribution < -0.4 is 16.0 Å². The number of aromatic nitrogens is 1.